The molecule has 1 saturated heterocycles. The topological polar surface area (TPSA) is 75.6 Å². The van der Waals surface area contributed by atoms with Crippen LogP contribution in [0.1, 0.15) is 30.9 Å². The van der Waals surface area contributed by atoms with Crippen molar-refractivity contribution in [1.29, 1.82) is 0 Å². The van der Waals surface area contributed by atoms with E-state index >= 15 is 0 Å². The molecule has 2 N–H and O–H groups in total. The zero-order chi connectivity index (χ0) is 16.2. The Morgan fingerprint density at radius 2 is 2.00 bits per heavy atom. The molecular weight excluding hydrogens is 294 g/mol. The van der Waals surface area contributed by atoms with Crippen molar-refractivity contribution in [3.8, 4) is 0 Å². The average molecular weight is 313 g/mol. The van der Waals surface area contributed by atoms with Crippen molar-refractivity contribution >= 4 is 22.6 Å². The normalized spacial score (nSPS) is 18.7. The summed E-state index contributed by atoms with van der Waals surface area (Å²) >= 11 is 0. The van der Waals surface area contributed by atoms with Gasteiger partial charge in [-0.1, -0.05) is 36.4 Å². The Kier molecular flexibility index (Phi) is 4.57. The van der Waals surface area contributed by atoms with Crippen LogP contribution in [0.4, 0.5) is 0 Å². The molecule has 0 aliphatic carbocycles. The van der Waals surface area contributed by atoms with Crippen LogP contribution in [0.15, 0.2) is 42.5 Å². The van der Waals surface area contributed by atoms with E-state index in [-0.39, 0.29) is 12.3 Å². The number of aliphatic carboxylic acids is 1. The molecule has 0 spiro atoms. The number of amides is 1. The first-order chi connectivity index (χ1) is 11.1. The molecule has 2 aromatic rings. The molecule has 0 aromatic heterocycles. The number of carboxylic acid groups (broad SMARTS) is 1. The fourth-order valence-electron chi connectivity index (χ4n) is 2.90. The number of carboxylic acids is 1. The highest BCUT2D eigenvalue weighted by molar-refractivity contribution is 5.85. The van der Waals surface area contributed by atoms with E-state index in [2.05, 4.69) is 5.32 Å². The van der Waals surface area contributed by atoms with Gasteiger partial charge in [0, 0.05) is 6.61 Å². The van der Waals surface area contributed by atoms with Gasteiger partial charge in [-0.2, -0.15) is 0 Å². The van der Waals surface area contributed by atoms with Crippen LogP contribution in [0.25, 0.3) is 10.8 Å². The maximum Gasteiger partial charge on any atom is 0.305 e. The predicted octanol–water partition coefficient (Wildman–Crippen LogP) is 2.65. The molecule has 1 aliphatic heterocycles. The van der Waals surface area contributed by atoms with Crippen molar-refractivity contribution in [1.82, 2.24) is 5.32 Å². The summed E-state index contributed by atoms with van der Waals surface area (Å²) in [6.45, 7) is 0.581. The second kappa shape index (κ2) is 6.79. The van der Waals surface area contributed by atoms with E-state index in [0.29, 0.717) is 13.0 Å². The number of fused-ring (bicyclic) bond motifs is 1. The van der Waals surface area contributed by atoms with Crippen molar-refractivity contribution in [2.45, 2.75) is 31.4 Å². The molecule has 0 bridgehead atoms. The zero-order valence-corrected chi connectivity index (χ0v) is 12.7. The van der Waals surface area contributed by atoms with E-state index in [0.717, 1.165) is 22.8 Å². The van der Waals surface area contributed by atoms with Crippen LogP contribution in [0.2, 0.25) is 0 Å². The Hall–Kier alpha value is -2.40. The first kappa shape index (κ1) is 15.5. The molecule has 1 fully saturated rings. The summed E-state index contributed by atoms with van der Waals surface area (Å²) in [5.74, 6) is -1.18. The first-order valence-electron chi connectivity index (χ1n) is 7.76. The Labute approximate surface area is 134 Å². The minimum absolute atomic E-state index is 0.156. The number of carbonyl (C=O) groups excluding carboxylic acids is 1. The lowest BCUT2D eigenvalue weighted by atomic mass is 9.99. The number of carbonyl (C=O) groups is 2. The molecule has 3 rings (SSSR count). The van der Waals surface area contributed by atoms with Crippen LogP contribution in [-0.4, -0.2) is 29.7 Å². The van der Waals surface area contributed by atoms with Crippen LogP contribution in [0, 0.1) is 0 Å². The third-order valence-electron chi connectivity index (χ3n) is 4.09. The Balaban J connectivity index is 1.84. The van der Waals surface area contributed by atoms with E-state index < -0.39 is 18.1 Å². The molecule has 2 aromatic carbocycles. The van der Waals surface area contributed by atoms with E-state index in [9.17, 15) is 9.59 Å². The third-order valence-corrected chi connectivity index (χ3v) is 4.09. The predicted molar refractivity (Wildman–Crippen MR) is 86.1 cm³/mol. The number of ether oxygens (including phenoxy) is 1. The van der Waals surface area contributed by atoms with Gasteiger partial charge in [0.05, 0.1) is 12.5 Å². The highest BCUT2D eigenvalue weighted by atomic mass is 16.5. The molecular formula is C18H19NO4. The van der Waals surface area contributed by atoms with E-state index in [1.165, 1.54) is 0 Å². The molecule has 23 heavy (non-hydrogen) atoms. The lowest BCUT2D eigenvalue weighted by molar-refractivity contribution is -0.138. The van der Waals surface area contributed by atoms with Gasteiger partial charge in [-0.3, -0.25) is 9.59 Å². The number of benzene rings is 2. The van der Waals surface area contributed by atoms with Gasteiger partial charge in [0.2, 0.25) is 5.91 Å². The number of nitrogens with one attached hydrogen (secondary N) is 1. The molecule has 1 amide bonds. The number of hydrogen-bond donors (Lipinski definition) is 2. The van der Waals surface area contributed by atoms with E-state index in [1.807, 2.05) is 42.5 Å². The fourth-order valence-corrected chi connectivity index (χ4v) is 2.90. The number of rotatable bonds is 5. The Morgan fingerprint density at radius 1 is 1.22 bits per heavy atom. The molecule has 5 nitrogen and oxygen atoms in total. The molecule has 0 radical (unpaired) electrons. The third kappa shape index (κ3) is 3.68. The van der Waals surface area contributed by atoms with Gasteiger partial charge < -0.3 is 15.2 Å². The van der Waals surface area contributed by atoms with Gasteiger partial charge in [-0.25, -0.2) is 0 Å². The largest absolute Gasteiger partial charge is 0.481 e. The minimum Gasteiger partial charge on any atom is -0.481 e. The van der Waals surface area contributed by atoms with Crippen LogP contribution in [0.5, 0.6) is 0 Å². The second-order valence-corrected chi connectivity index (χ2v) is 5.77. The summed E-state index contributed by atoms with van der Waals surface area (Å²) in [4.78, 5) is 23.4. The van der Waals surface area contributed by atoms with E-state index in [4.69, 9.17) is 9.84 Å². The van der Waals surface area contributed by atoms with Gasteiger partial charge >= 0.3 is 5.97 Å². The maximum absolute atomic E-state index is 12.2. The summed E-state index contributed by atoms with van der Waals surface area (Å²) in [6.07, 6.45) is 0.921. The molecule has 0 saturated carbocycles. The summed E-state index contributed by atoms with van der Waals surface area (Å²) < 4.78 is 5.37. The average Bonchev–Trinajstić information content (AvgIpc) is 3.08. The van der Waals surface area contributed by atoms with Gasteiger partial charge in [0.1, 0.15) is 6.10 Å². The first-order valence-corrected chi connectivity index (χ1v) is 7.76. The Morgan fingerprint density at radius 3 is 2.70 bits per heavy atom. The standard InChI is InChI=1S/C18H19NO4/c20-17(21)11-15(19-18(22)16-6-3-9-23-16)14-8-7-12-4-1-2-5-13(12)10-14/h1-2,4-5,7-8,10,15-16H,3,6,9,11H2,(H,19,22)(H,20,21)/t15-,16?/m0/s1. The Bertz CT molecular complexity index is 722. The van der Waals surface area contributed by atoms with E-state index in [1.54, 1.807) is 0 Å². The quantitative estimate of drug-likeness (QED) is 0.890. The van der Waals surface area contributed by atoms with Crippen molar-refractivity contribution in [3.05, 3.63) is 48.0 Å². The maximum atomic E-state index is 12.2. The second-order valence-electron chi connectivity index (χ2n) is 5.77. The van der Waals surface area contributed by atoms with Gasteiger partial charge in [0.25, 0.3) is 0 Å². The SMILES string of the molecule is O=C(O)C[C@H](NC(=O)C1CCCO1)c1ccc2ccccc2c1. The molecule has 5 heteroatoms. The monoisotopic (exact) mass is 313 g/mol. The molecule has 2 atom stereocenters. The van der Waals surface area contributed by atoms with Gasteiger partial charge in [0.15, 0.2) is 0 Å². The highest BCUT2D eigenvalue weighted by Crippen LogP contribution is 2.23. The smallest absolute Gasteiger partial charge is 0.305 e. The molecule has 1 aliphatic rings. The van der Waals surface area contributed by atoms with Gasteiger partial charge in [-0.15, -0.1) is 0 Å². The van der Waals surface area contributed by atoms with Crippen LogP contribution < -0.4 is 5.32 Å². The fraction of sp³-hybridized carbons (Fsp3) is 0.333. The van der Waals surface area contributed by atoms with Crippen LogP contribution in [-0.2, 0) is 14.3 Å². The van der Waals surface area contributed by atoms with Crippen LogP contribution in [0.3, 0.4) is 0 Å². The van der Waals surface area contributed by atoms with Crippen molar-refractivity contribution in [2.75, 3.05) is 6.61 Å². The van der Waals surface area contributed by atoms with Crippen LogP contribution >= 0.6 is 0 Å². The van der Waals surface area contributed by atoms with Crippen molar-refractivity contribution in [3.63, 3.8) is 0 Å². The van der Waals surface area contributed by atoms with Crippen molar-refractivity contribution < 1.29 is 19.4 Å². The summed E-state index contributed by atoms with van der Waals surface area (Å²) in [5.41, 5.74) is 0.789. The zero-order valence-electron chi connectivity index (χ0n) is 12.7. The highest BCUT2D eigenvalue weighted by Gasteiger charge is 2.27. The summed E-state index contributed by atoms with van der Waals surface area (Å²) in [6, 6.07) is 13.0. The molecule has 1 unspecified atom stereocenters. The molecule has 120 valence electrons. The minimum atomic E-state index is -0.948. The van der Waals surface area contributed by atoms with Crippen molar-refractivity contribution in [2.24, 2.45) is 0 Å². The molecule has 1 heterocycles. The lowest BCUT2D eigenvalue weighted by Gasteiger charge is -2.20. The van der Waals surface area contributed by atoms with Gasteiger partial charge in [-0.05, 0) is 35.2 Å². The summed E-state index contributed by atoms with van der Waals surface area (Å²) in [7, 11) is 0. The number of hydrogen-bond acceptors (Lipinski definition) is 3. The summed E-state index contributed by atoms with van der Waals surface area (Å²) in [5, 5.41) is 14.1. The lowest BCUT2D eigenvalue weighted by Crippen LogP contribution is -2.37.